The summed E-state index contributed by atoms with van der Waals surface area (Å²) in [4.78, 5) is 19.7. The van der Waals surface area contributed by atoms with Crippen LogP contribution in [-0.4, -0.2) is 25.8 Å². The molecule has 1 aliphatic rings. The van der Waals surface area contributed by atoms with Gasteiger partial charge in [-0.25, -0.2) is 4.99 Å². The van der Waals surface area contributed by atoms with E-state index in [4.69, 9.17) is 16.6 Å². The van der Waals surface area contributed by atoms with Crippen LogP contribution in [0.25, 0.3) is 27.5 Å². The van der Waals surface area contributed by atoms with E-state index in [2.05, 4.69) is 20.5 Å². The molecule has 0 unspecified atom stereocenters. The second-order valence-corrected chi connectivity index (χ2v) is 8.03. The molecule has 0 aliphatic carbocycles. The smallest absolute Gasteiger partial charge is 0.295 e. The number of nitro groups is 1. The maximum Gasteiger partial charge on any atom is 0.295 e. The molecule has 8 nitrogen and oxygen atoms in total. The first-order valence-corrected chi connectivity index (χ1v) is 10.5. The molecule has 33 heavy (non-hydrogen) atoms. The summed E-state index contributed by atoms with van der Waals surface area (Å²) in [6.45, 7) is 0. The number of para-hydroxylation sites is 1. The van der Waals surface area contributed by atoms with Gasteiger partial charge in [-0.15, -0.1) is 0 Å². The molecule has 0 radical (unpaired) electrons. The van der Waals surface area contributed by atoms with Crippen LogP contribution >= 0.6 is 11.6 Å². The highest BCUT2D eigenvalue weighted by atomic mass is 35.5. The predicted molar refractivity (Wildman–Crippen MR) is 130 cm³/mol. The van der Waals surface area contributed by atoms with E-state index in [1.807, 2.05) is 48.5 Å². The molecule has 3 aromatic carbocycles. The molecule has 9 heteroatoms. The van der Waals surface area contributed by atoms with Crippen LogP contribution in [0.3, 0.4) is 0 Å². The molecule has 2 aromatic heterocycles. The first-order chi connectivity index (χ1) is 16.1. The van der Waals surface area contributed by atoms with Gasteiger partial charge in [0.15, 0.2) is 0 Å². The molecule has 1 aliphatic heterocycles. The van der Waals surface area contributed by atoms with Crippen molar-refractivity contribution in [2.75, 3.05) is 5.32 Å². The fourth-order valence-corrected chi connectivity index (χ4v) is 4.37. The highest BCUT2D eigenvalue weighted by Crippen LogP contribution is 2.38. The quantitative estimate of drug-likeness (QED) is 0.234. The molecule has 0 amide bonds. The third-order valence-electron chi connectivity index (χ3n) is 5.69. The van der Waals surface area contributed by atoms with Gasteiger partial charge in [0.05, 0.1) is 33.6 Å². The fraction of sp³-hybridized carbons (Fsp3) is 0. The Morgan fingerprint density at radius 2 is 1.82 bits per heavy atom. The summed E-state index contributed by atoms with van der Waals surface area (Å²) >= 11 is 6.55. The molecular weight excluding hydrogens is 440 g/mol. The highest BCUT2D eigenvalue weighted by Gasteiger charge is 2.26. The summed E-state index contributed by atoms with van der Waals surface area (Å²) < 4.78 is 0. The number of H-pyrrole nitrogens is 2. The summed E-state index contributed by atoms with van der Waals surface area (Å²) in [7, 11) is 0. The zero-order chi connectivity index (χ0) is 22.5. The lowest BCUT2D eigenvalue weighted by atomic mass is 9.97. The zero-order valence-corrected chi connectivity index (χ0v) is 17.7. The normalized spacial score (nSPS) is 13.2. The Morgan fingerprint density at radius 1 is 1.00 bits per heavy atom. The van der Waals surface area contributed by atoms with Crippen LogP contribution in [0.4, 0.5) is 11.4 Å². The summed E-state index contributed by atoms with van der Waals surface area (Å²) in [5.41, 5.74) is 5.09. The largest absolute Gasteiger partial charge is 0.359 e. The van der Waals surface area contributed by atoms with Crippen LogP contribution in [-0.2, 0) is 0 Å². The van der Waals surface area contributed by atoms with E-state index < -0.39 is 4.92 Å². The average Bonchev–Trinajstić information content (AvgIpc) is 3.43. The molecule has 0 saturated heterocycles. The van der Waals surface area contributed by atoms with Crippen molar-refractivity contribution in [3.63, 3.8) is 0 Å². The maximum atomic E-state index is 11.8. The van der Waals surface area contributed by atoms with Crippen LogP contribution in [0.2, 0.25) is 5.02 Å². The minimum atomic E-state index is -0.429. The number of non-ortho nitro benzene ring substituents is 1. The van der Waals surface area contributed by atoms with Gasteiger partial charge in [-0.2, -0.15) is 5.10 Å². The summed E-state index contributed by atoms with van der Waals surface area (Å²) in [6, 6.07) is 18.8. The van der Waals surface area contributed by atoms with Crippen LogP contribution in [0, 0.1) is 10.1 Å². The molecule has 160 valence electrons. The topological polar surface area (TPSA) is 112 Å². The Hall–Kier alpha value is -4.43. The van der Waals surface area contributed by atoms with Crippen molar-refractivity contribution in [1.29, 1.82) is 0 Å². The van der Waals surface area contributed by atoms with Gasteiger partial charge < -0.3 is 10.3 Å². The summed E-state index contributed by atoms with van der Waals surface area (Å²) in [5, 5.41) is 24.1. The Balaban J connectivity index is 1.65. The molecule has 3 N–H and O–H groups in total. The number of aromatic amines is 2. The first kappa shape index (κ1) is 19.3. The number of halogens is 1. The zero-order valence-electron chi connectivity index (χ0n) is 17.0. The number of hydrogen-bond acceptors (Lipinski definition) is 5. The van der Waals surface area contributed by atoms with Gasteiger partial charge >= 0.3 is 0 Å². The summed E-state index contributed by atoms with van der Waals surface area (Å²) in [5.74, 6) is 0. The molecule has 3 heterocycles. The average molecular weight is 455 g/mol. The van der Waals surface area contributed by atoms with Gasteiger partial charge in [-0.1, -0.05) is 48.0 Å². The minimum Gasteiger partial charge on any atom is -0.359 e. The second-order valence-electron chi connectivity index (χ2n) is 7.62. The van der Waals surface area contributed by atoms with Crippen molar-refractivity contribution in [3.05, 3.63) is 105 Å². The SMILES string of the molecule is O=[N+]([O-])c1cc2c(c3cn[nH]c13)NC=C(c1cc3ccccc3[nH]1)N=C2c1ccccc1Cl. The van der Waals surface area contributed by atoms with Crippen molar-refractivity contribution in [2.45, 2.75) is 0 Å². The monoisotopic (exact) mass is 454 g/mol. The van der Waals surface area contributed by atoms with Crippen LogP contribution in [0.15, 0.2) is 78.1 Å². The van der Waals surface area contributed by atoms with Crippen molar-refractivity contribution in [3.8, 4) is 0 Å². The lowest BCUT2D eigenvalue weighted by Gasteiger charge is -2.12. The number of benzene rings is 3. The number of hydrogen-bond donors (Lipinski definition) is 3. The number of nitro benzene ring substituents is 1. The molecular formula is C24H15ClN6O2. The van der Waals surface area contributed by atoms with Crippen molar-refractivity contribution >= 4 is 56.2 Å². The van der Waals surface area contributed by atoms with Crippen molar-refractivity contribution < 1.29 is 4.92 Å². The number of nitrogens with zero attached hydrogens (tertiary/aromatic N) is 3. The first-order valence-electron chi connectivity index (χ1n) is 10.1. The fourth-order valence-electron chi connectivity index (χ4n) is 4.14. The highest BCUT2D eigenvalue weighted by molar-refractivity contribution is 6.36. The van der Waals surface area contributed by atoms with Crippen LogP contribution in [0.1, 0.15) is 16.8 Å². The van der Waals surface area contributed by atoms with E-state index in [0.717, 1.165) is 16.6 Å². The van der Waals surface area contributed by atoms with Gasteiger partial charge in [0.25, 0.3) is 5.69 Å². The van der Waals surface area contributed by atoms with Gasteiger partial charge in [-0.05, 0) is 18.2 Å². The molecule has 0 saturated carbocycles. The van der Waals surface area contributed by atoms with Crippen molar-refractivity contribution in [2.24, 2.45) is 4.99 Å². The number of aromatic nitrogens is 3. The second kappa shape index (κ2) is 7.32. The standard InChI is InChI=1S/C24H15ClN6O2/c25-17-7-3-2-6-14(17)23-15-10-21(31(32)33)24-16(11-27-30-24)22(15)26-12-20(29-23)19-9-13-5-1-4-8-18(13)28-19/h1-12,26,28H,(H,27,30). The number of rotatable bonds is 3. The Labute approximate surface area is 191 Å². The van der Waals surface area contributed by atoms with Crippen LogP contribution in [0.5, 0.6) is 0 Å². The number of fused-ring (bicyclic) bond motifs is 4. The van der Waals surface area contributed by atoms with E-state index in [1.165, 1.54) is 6.07 Å². The molecule has 0 atom stereocenters. The Morgan fingerprint density at radius 3 is 2.64 bits per heavy atom. The Bertz CT molecular complexity index is 1610. The summed E-state index contributed by atoms with van der Waals surface area (Å²) in [6.07, 6.45) is 3.35. The van der Waals surface area contributed by atoms with Crippen molar-refractivity contribution in [1.82, 2.24) is 15.2 Å². The lowest BCUT2D eigenvalue weighted by Crippen LogP contribution is -2.07. The van der Waals surface area contributed by atoms with Gasteiger partial charge in [0.2, 0.25) is 0 Å². The molecule has 6 rings (SSSR count). The van der Waals surface area contributed by atoms with E-state index in [0.29, 0.717) is 44.1 Å². The lowest BCUT2D eigenvalue weighted by molar-refractivity contribution is -0.383. The number of aliphatic imine (C=N–C) groups is 1. The third-order valence-corrected chi connectivity index (χ3v) is 6.02. The minimum absolute atomic E-state index is 0.0862. The Kier molecular flexibility index (Phi) is 4.27. The number of nitrogens with one attached hydrogen (secondary N) is 3. The van der Waals surface area contributed by atoms with Gasteiger partial charge in [-0.3, -0.25) is 15.2 Å². The van der Waals surface area contributed by atoms with Crippen LogP contribution < -0.4 is 5.32 Å². The van der Waals surface area contributed by atoms with E-state index in [-0.39, 0.29) is 5.69 Å². The molecule has 0 bridgehead atoms. The molecule has 5 aromatic rings. The third kappa shape index (κ3) is 3.07. The van der Waals surface area contributed by atoms with E-state index in [1.54, 1.807) is 18.5 Å². The predicted octanol–water partition coefficient (Wildman–Crippen LogP) is 5.87. The molecule has 0 spiro atoms. The number of anilines is 1. The molecule has 0 fully saturated rings. The van der Waals surface area contributed by atoms with E-state index in [9.17, 15) is 10.1 Å². The van der Waals surface area contributed by atoms with Gasteiger partial charge in [0, 0.05) is 39.3 Å². The van der Waals surface area contributed by atoms with Gasteiger partial charge in [0.1, 0.15) is 11.2 Å². The van der Waals surface area contributed by atoms with E-state index >= 15 is 0 Å². The maximum absolute atomic E-state index is 11.8.